The Kier molecular flexibility index (Phi) is 2.78. The fourth-order valence-corrected chi connectivity index (χ4v) is 0.758. The van der Waals surface area contributed by atoms with Gasteiger partial charge in [0.15, 0.2) is 11.6 Å². The molecule has 0 aromatic carbocycles. The van der Waals surface area contributed by atoms with Gasteiger partial charge in [0.25, 0.3) is 5.91 Å². The average Bonchev–Trinajstić information content (AvgIpc) is 2.06. The number of amides is 1. The summed E-state index contributed by atoms with van der Waals surface area (Å²) >= 11 is 0. The standard InChI is InChI=1S/C7H4F4N2O2/c8-3-2-13-4(6(12)14)1-5(3)15-7(9,10)11/h1-2H,(H2,12,14). The maximum Gasteiger partial charge on any atom is 0.573 e. The van der Waals surface area contributed by atoms with Crippen LogP contribution in [0.15, 0.2) is 12.3 Å². The van der Waals surface area contributed by atoms with Crippen LogP contribution in [0.3, 0.4) is 0 Å². The lowest BCUT2D eigenvalue weighted by molar-refractivity contribution is -0.275. The first kappa shape index (κ1) is 11.2. The van der Waals surface area contributed by atoms with E-state index in [1.807, 2.05) is 0 Å². The first-order valence-corrected chi connectivity index (χ1v) is 3.50. The molecule has 0 aliphatic rings. The molecule has 0 aliphatic carbocycles. The third-order valence-electron chi connectivity index (χ3n) is 1.30. The molecule has 1 aromatic heterocycles. The van der Waals surface area contributed by atoms with Gasteiger partial charge in [0, 0.05) is 6.07 Å². The predicted molar refractivity (Wildman–Crippen MR) is 39.4 cm³/mol. The number of alkyl halides is 3. The smallest absolute Gasteiger partial charge is 0.403 e. The van der Waals surface area contributed by atoms with Crippen molar-refractivity contribution in [2.45, 2.75) is 6.36 Å². The Morgan fingerprint density at radius 2 is 2.07 bits per heavy atom. The Hall–Kier alpha value is -1.86. The lowest BCUT2D eigenvalue weighted by Gasteiger charge is -2.09. The van der Waals surface area contributed by atoms with E-state index in [1.165, 1.54) is 0 Å². The third-order valence-corrected chi connectivity index (χ3v) is 1.30. The molecule has 0 spiro atoms. The minimum atomic E-state index is -5.04. The van der Waals surface area contributed by atoms with Crippen molar-refractivity contribution in [2.24, 2.45) is 5.73 Å². The summed E-state index contributed by atoms with van der Waals surface area (Å²) in [6.45, 7) is 0. The molecule has 82 valence electrons. The van der Waals surface area contributed by atoms with Gasteiger partial charge in [-0.15, -0.1) is 13.2 Å². The Balaban J connectivity index is 3.06. The molecule has 15 heavy (non-hydrogen) atoms. The molecule has 0 atom stereocenters. The van der Waals surface area contributed by atoms with Crippen molar-refractivity contribution >= 4 is 5.91 Å². The number of carbonyl (C=O) groups excluding carboxylic acids is 1. The normalized spacial score (nSPS) is 11.2. The fraction of sp³-hybridized carbons (Fsp3) is 0.143. The number of hydrogen-bond acceptors (Lipinski definition) is 3. The molecule has 1 aromatic rings. The number of hydrogen-bond donors (Lipinski definition) is 1. The predicted octanol–water partition coefficient (Wildman–Crippen LogP) is 1.22. The summed E-state index contributed by atoms with van der Waals surface area (Å²) in [5.41, 5.74) is 4.22. The van der Waals surface area contributed by atoms with Crippen LogP contribution in [0.5, 0.6) is 5.75 Å². The average molecular weight is 224 g/mol. The first-order valence-electron chi connectivity index (χ1n) is 3.50. The van der Waals surface area contributed by atoms with Crippen molar-refractivity contribution in [2.75, 3.05) is 0 Å². The fourth-order valence-electron chi connectivity index (χ4n) is 0.758. The van der Waals surface area contributed by atoms with Crippen LogP contribution in [-0.2, 0) is 0 Å². The molecule has 0 saturated carbocycles. The highest BCUT2D eigenvalue weighted by Crippen LogP contribution is 2.25. The van der Waals surface area contributed by atoms with Gasteiger partial charge < -0.3 is 10.5 Å². The second-order valence-electron chi connectivity index (χ2n) is 2.41. The van der Waals surface area contributed by atoms with Gasteiger partial charge in [-0.3, -0.25) is 4.79 Å². The topological polar surface area (TPSA) is 65.2 Å². The molecule has 2 N–H and O–H groups in total. The highest BCUT2D eigenvalue weighted by molar-refractivity contribution is 5.91. The number of nitrogens with zero attached hydrogens (tertiary/aromatic N) is 1. The van der Waals surface area contributed by atoms with Gasteiger partial charge in [-0.2, -0.15) is 0 Å². The molecule has 1 heterocycles. The molecule has 4 nitrogen and oxygen atoms in total. The van der Waals surface area contributed by atoms with Crippen LogP contribution in [0.25, 0.3) is 0 Å². The molecule has 0 bridgehead atoms. The summed E-state index contributed by atoms with van der Waals surface area (Å²) in [4.78, 5) is 13.7. The lowest BCUT2D eigenvalue weighted by atomic mass is 10.3. The molecule has 1 rings (SSSR count). The monoisotopic (exact) mass is 224 g/mol. The van der Waals surface area contributed by atoms with Gasteiger partial charge in [0.2, 0.25) is 0 Å². The maximum atomic E-state index is 12.7. The SMILES string of the molecule is NC(=O)c1cc(OC(F)(F)F)c(F)cn1. The molecular weight excluding hydrogens is 220 g/mol. The van der Waals surface area contributed by atoms with Crippen LogP contribution < -0.4 is 10.5 Å². The maximum absolute atomic E-state index is 12.7. The van der Waals surface area contributed by atoms with E-state index in [4.69, 9.17) is 5.73 Å². The molecule has 0 saturated heterocycles. The van der Waals surface area contributed by atoms with E-state index in [0.29, 0.717) is 12.3 Å². The van der Waals surface area contributed by atoms with Crippen molar-refractivity contribution in [1.82, 2.24) is 4.98 Å². The molecule has 0 radical (unpaired) electrons. The minimum absolute atomic E-state index is 0.418. The summed E-state index contributed by atoms with van der Waals surface area (Å²) < 4.78 is 51.2. The number of ether oxygens (including phenoxy) is 1. The number of primary amides is 1. The molecule has 8 heteroatoms. The van der Waals surface area contributed by atoms with Gasteiger partial charge in [0.05, 0.1) is 6.20 Å². The molecular formula is C7H4F4N2O2. The van der Waals surface area contributed by atoms with E-state index in [1.54, 1.807) is 0 Å². The molecule has 0 unspecified atom stereocenters. The van der Waals surface area contributed by atoms with Gasteiger partial charge in [-0.25, -0.2) is 9.37 Å². The van der Waals surface area contributed by atoms with Crippen molar-refractivity contribution in [3.8, 4) is 5.75 Å². The second-order valence-corrected chi connectivity index (χ2v) is 2.41. The van der Waals surface area contributed by atoms with Crippen molar-refractivity contribution < 1.29 is 27.1 Å². The van der Waals surface area contributed by atoms with E-state index in [2.05, 4.69) is 9.72 Å². The Bertz CT molecular complexity index is 391. The van der Waals surface area contributed by atoms with E-state index in [0.717, 1.165) is 0 Å². The van der Waals surface area contributed by atoms with Crippen LogP contribution in [-0.4, -0.2) is 17.3 Å². The van der Waals surface area contributed by atoms with Crippen LogP contribution in [0.2, 0.25) is 0 Å². The van der Waals surface area contributed by atoms with Crippen molar-refractivity contribution in [3.63, 3.8) is 0 Å². The Morgan fingerprint density at radius 1 is 1.47 bits per heavy atom. The zero-order chi connectivity index (χ0) is 11.6. The number of carbonyl (C=O) groups is 1. The van der Waals surface area contributed by atoms with E-state index in [9.17, 15) is 22.4 Å². The van der Waals surface area contributed by atoms with Crippen LogP contribution in [0, 0.1) is 5.82 Å². The number of aromatic nitrogens is 1. The summed E-state index contributed by atoms with van der Waals surface area (Å²) in [5.74, 6) is -3.56. The van der Waals surface area contributed by atoms with E-state index < -0.39 is 29.5 Å². The second kappa shape index (κ2) is 3.71. The molecule has 1 amide bonds. The van der Waals surface area contributed by atoms with E-state index >= 15 is 0 Å². The Labute approximate surface area is 80.7 Å². The van der Waals surface area contributed by atoms with Crippen molar-refractivity contribution in [1.29, 1.82) is 0 Å². The van der Waals surface area contributed by atoms with Gasteiger partial charge in [0.1, 0.15) is 5.69 Å². The summed E-state index contributed by atoms with van der Waals surface area (Å²) in [6.07, 6.45) is -4.63. The van der Waals surface area contributed by atoms with Crippen LogP contribution in [0.4, 0.5) is 17.6 Å². The van der Waals surface area contributed by atoms with Crippen molar-refractivity contribution in [3.05, 3.63) is 23.8 Å². The summed E-state index contributed by atoms with van der Waals surface area (Å²) in [6, 6.07) is 0.477. The number of rotatable bonds is 2. The summed E-state index contributed by atoms with van der Waals surface area (Å²) in [5, 5.41) is 0. The van der Waals surface area contributed by atoms with E-state index in [-0.39, 0.29) is 0 Å². The highest BCUT2D eigenvalue weighted by Gasteiger charge is 2.32. The van der Waals surface area contributed by atoms with Gasteiger partial charge in [-0.1, -0.05) is 0 Å². The van der Waals surface area contributed by atoms with Gasteiger partial charge >= 0.3 is 6.36 Å². The third kappa shape index (κ3) is 3.08. The first-order chi connectivity index (χ1) is 6.79. The summed E-state index contributed by atoms with van der Waals surface area (Å²) in [7, 11) is 0. The largest absolute Gasteiger partial charge is 0.573 e. The van der Waals surface area contributed by atoms with Crippen LogP contribution >= 0.6 is 0 Å². The molecule has 0 fully saturated rings. The quantitative estimate of drug-likeness (QED) is 0.768. The number of nitrogens with two attached hydrogens (primary N) is 1. The number of halogens is 4. The zero-order valence-electron chi connectivity index (χ0n) is 7.01. The van der Waals surface area contributed by atoms with Crippen LogP contribution in [0.1, 0.15) is 10.5 Å². The van der Waals surface area contributed by atoms with Gasteiger partial charge in [-0.05, 0) is 0 Å². The lowest BCUT2D eigenvalue weighted by Crippen LogP contribution is -2.19. The molecule has 0 aliphatic heterocycles. The number of pyridine rings is 1. The Morgan fingerprint density at radius 3 is 2.53 bits per heavy atom. The zero-order valence-corrected chi connectivity index (χ0v) is 7.01. The minimum Gasteiger partial charge on any atom is -0.403 e. The highest BCUT2D eigenvalue weighted by atomic mass is 19.4.